The van der Waals surface area contributed by atoms with Crippen molar-refractivity contribution in [2.45, 2.75) is 36.7 Å². The number of ether oxygens (including phenoxy) is 2. The zero-order valence-corrected chi connectivity index (χ0v) is 35.8. The van der Waals surface area contributed by atoms with E-state index in [0.717, 1.165) is 22.7 Å². The Morgan fingerprint density at radius 3 is 2.45 bits per heavy atom. The van der Waals surface area contributed by atoms with Crippen LogP contribution in [-0.4, -0.2) is 65.2 Å². The normalized spacial score (nSPS) is 14.6. The molecule has 2 unspecified atom stereocenters. The number of para-hydroxylation sites is 2. The maximum Gasteiger partial charge on any atom is 0.255 e. The molecular weight excluding hydrogens is 857 g/mol. The molecule has 0 aliphatic carbocycles. The number of amides is 2. The molecule has 7 aromatic rings. The van der Waals surface area contributed by atoms with Gasteiger partial charge in [-0.1, -0.05) is 42.0 Å². The number of carbonyl (C=O) groups is 2. The van der Waals surface area contributed by atoms with Gasteiger partial charge in [0.1, 0.15) is 5.52 Å². The number of benzene rings is 5. The van der Waals surface area contributed by atoms with Crippen LogP contribution >= 0.6 is 11.5 Å². The van der Waals surface area contributed by atoms with Gasteiger partial charge in [0.25, 0.3) is 5.91 Å². The third kappa shape index (κ3) is 9.61. The van der Waals surface area contributed by atoms with Crippen LogP contribution < -0.4 is 20.5 Å². The van der Waals surface area contributed by atoms with Crippen molar-refractivity contribution in [1.29, 1.82) is 0 Å². The molecule has 2 amide bonds. The molecule has 4 N–H and O–H groups in total. The number of hydroxylamine groups is 2. The molecule has 0 spiro atoms. The minimum atomic E-state index is -4.03. The second kappa shape index (κ2) is 18.0. The molecular formula is C42H38N8O9S3. The predicted octanol–water partition coefficient (Wildman–Crippen LogP) is 7.78. The van der Waals surface area contributed by atoms with Gasteiger partial charge in [-0.2, -0.15) is 13.7 Å². The van der Waals surface area contributed by atoms with Crippen LogP contribution in [0.15, 0.2) is 121 Å². The lowest BCUT2D eigenvalue weighted by atomic mass is 10.0. The van der Waals surface area contributed by atoms with E-state index in [0.29, 0.717) is 53.9 Å². The number of hydrogen-bond donors (Lipinski definition) is 3. The summed E-state index contributed by atoms with van der Waals surface area (Å²) in [7, 11) is -4.03. The van der Waals surface area contributed by atoms with Gasteiger partial charge in [-0.3, -0.25) is 9.59 Å². The Morgan fingerprint density at radius 2 is 1.69 bits per heavy atom. The quantitative estimate of drug-likeness (QED) is 0.0943. The van der Waals surface area contributed by atoms with E-state index < -0.39 is 39.0 Å². The second-order valence-corrected chi connectivity index (χ2v) is 17.6. The summed E-state index contributed by atoms with van der Waals surface area (Å²) in [6, 6.07) is 26.5. The number of nitrogens with two attached hydrogens (primary N) is 1. The number of aromatic nitrogens is 2. The number of aryl methyl sites for hydroxylation is 2. The minimum Gasteiger partial charge on any atom is -0.472 e. The molecule has 318 valence electrons. The lowest BCUT2D eigenvalue weighted by molar-refractivity contribution is -0.114. The molecule has 0 radical (unpaired) electrons. The van der Waals surface area contributed by atoms with Crippen molar-refractivity contribution in [2.75, 3.05) is 36.9 Å². The fourth-order valence-corrected chi connectivity index (χ4v) is 8.60. The first-order valence-corrected chi connectivity index (χ1v) is 22.4. The minimum absolute atomic E-state index is 0.0251. The van der Waals surface area contributed by atoms with Gasteiger partial charge >= 0.3 is 0 Å². The number of morpholine rings is 1. The SMILES string of the molecule is CC(=O)Nc1cc(N=Nc2snc3ccc(S(N)(=O)=O)cc23)cc(NC(=O)c2cccc(S(=O)ON3CCOCC3)c2)c1OC(c1nc2ccccc2o1)c1cc(C)ccc1C. The monoisotopic (exact) mass is 894 g/mol. The van der Waals surface area contributed by atoms with E-state index in [1.807, 2.05) is 50.2 Å². The van der Waals surface area contributed by atoms with Crippen LogP contribution in [0.2, 0.25) is 0 Å². The first kappa shape index (κ1) is 42.4. The van der Waals surface area contributed by atoms with E-state index in [1.54, 1.807) is 29.3 Å². The molecule has 1 saturated heterocycles. The Morgan fingerprint density at radius 1 is 0.919 bits per heavy atom. The molecule has 1 aliphatic heterocycles. The molecule has 3 heterocycles. The second-order valence-electron chi connectivity index (χ2n) is 14.2. The Balaban J connectivity index is 1.23. The molecule has 0 saturated carbocycles. The highest BCUT2D eigenvalue weighted by Gasteiger charge is 2.29. The summed E-state index contributed by atoms with van der Waals surface area (Å²) in [5.41, 5.74) is 4.53. The van der Waals surface area contributed by atoms with E-state index in [4.69, 9.17) is 28.3 Å². The molecule has 1 fully saturated rings. The first-order chi connectivity index (χ1) is 29.8. The molecule has 5 aromatic carbocycles. The van der Waals surface area contributed by atoms with Crippen molar-refractivity contribution in [3.05, 3.63) is 125 Å². The average molecular weight is 895 g/mol. The van der Waals surface area contributed by atoms with Gasteiger partial charge in [0.05, 0.1) is 45.6 Å². The van der Waals surface area contributed by atoms with Gasteiger partial charge in [-0.15, -0.1) is 10.2 Å². The number of sulfonamides is 1. The summed E-state index contributed by atoms with van der Waals surface area (Å²) >= 11 is -0.958. The first-order valence-electron chi connectivity index (χ1n) is 19.0. The van der Waals surface area contributed by atoms with Crippen LogP contribution in [0.4, 0.5) is 22.1 Å². The third-order valence-electron chi connectivity index (χ3n) is 9.57. The van der Waals surface area contributed by atoms with Crippen molar-refractivity contribution in [3.63, 3.8) is 0 Å². The van der Waals surface area contributed by atoms with Crippen LogP contribution in [-0.2, 0) is 34.9 Å². The maximum atomic E-state index is 14.3. The Bertz CT molecular complexity index is 2990. The van der Waals surface area contributed by atoms with Crippen LogP contribution in [0.3, 0.4) is 0 Å². The average Bonchev–Trinajstić information content (AvgIpc) is 3.87. The fourth-order valence-electron chi connectivity index (χ4n) is 6.54. The van der Waals surface area contributed by atoms with E-state index >= 15 is 0 Å². The largest absolute Gasteiger partial charge is 0.472 e. The number of hydrogen-bond acceptors (Lipinski definition) is 15. The van der Waals surface area contributed by atoms with E-state index in [9.17, 15) is 22.2 Å². The molecule has 2 aromatic heterocycles. The molecule has 20 heteroatoms. The fraction of sp³-hybridized carbons (Fsp3) is 0.190. The number of rotatable bonds is 13. The van der Waals surface area contributed by atoms with Crippen molar-refractivity contribution in [2.24, 2.45) is 15.4 Å². The summed E-state index contributed by atoms with van der Waals surface area (Å²) in [5.74, 6) is -0.860. The van der Waals surface area contributed by atoms with Crippen molar-refractivity contribution in [1.82, 2.24) is 14.4 Å². The van der Waals surface area contributed by atoms with Crippen molar-refractivity contribution in [3.8, 4) is 5.75 Å². The number of oxazole rings is 1. The maximum absolute atomic E-state index is 14.3. The van der Waals surface area contributed by atoms with E-state index in [-0.39, 0.29) is 49.1 Å². The molecule has 8 rings (SSSR count). The van der Waals surface area contributed by atoms with Crippen LogP contribution in [0.5, 0.6) is 5.75 Å². The number of primary sulfonamides is 1. The highest BCUT2D eigenvalue weighted by molar-refractivity contribution is 7.89. The molecule has 0 bridgehead atoms. The Hall–Kier alpha value is -6.26. The highest BCUT2D eigenvalue weighted by atomic mass is 32.2. The topological polar surface area (TPSA) is 230 Å². The highest BCUT2D eigenvalue weighted by Crippen LogP contribution is 2.44. The summed E-state index contributed by atoms with van der Waals surface area (Å²) in [6.45, 7) is 6.90. The smallest absolute Gasteiger partial charge is 0.255 e. The summed E-state index contributed by atoms with van der Waals surface area (Å²) in [4.78, 5) is 32.0. The number of azo groups is 1. The van der Waals surface area contributed by atoms with Gasteiger partial charge in [0.15, 0.2) is 22.4 Å². The predicted molar refractivity (Wildman–Crippen MR) is 233 cm³/mol. The van der Waals surface area contributed by atoms with E-state index in [1.165, 1.54) is 43.3 Å². The van der Waals surface area contributed by atoms with Crippen LogP contribution in [0.25, 0.3) is 22.0 Å². The summed E-state index contributed by atoms with van der Waals surface area (Å²) in [5, 5.41) is 22.2. The zero-order chi connectivity index (χ0) is 43.5. The zero-order valence-electron chi connectivity index (χ0n) is 33.4. The lowest BCUT2D eigenvalue weighted by Crippen LogP contribution is -2.36. The van der Waals surface area contributed by atoms with Gasteiger partial charge in [0, 0.05) is 36.5 Å². The lowest BCUT2D eigenvalue weighted by Gasteiger charge is -2.24. The van der Waals surface area contributed by atoms with Gasteiger partial charge in [-0.05, 0) is 91.6 Å². The number of nitrogens with zero attached hydrogens (tertiary/aromatic N) is 5. The molecule has 17 nitrogen and oxygen atoms in total. The number of carbonyl (C=O) groups excluding carboxylic acids is 2. The Labute approximate surface area is 361 Å². The van der Waals surface area contributed by atoms with E-state index in [2.05, 4.69) is 25.2 Å². The number of anilines is 2. The standard InChI is InChI=1S/C42H38N8O9S3/c1-24-11-12-25(2)31(19-24)38(41-46-34-9-4-5-10-37(34)57-41)58-39-35(44-26(3)51)21-28(47-48-42-32-23-30(62(43,54)55)13-14-33(32)49-60-42)22-36(39)45-40(52)27-7-6-8-29(20-27)61(53)59-50-15-17-56-18-16-50/h4-14,19-23,38H,15-18H2,1-3H3,(H,44,51)(H,45,52)(H2,43,54,55). The van der Waals surface area contributed by atoms with Gasteiger partial charge in [0.2, 0.25) is 32.9 Å². The van der Waals surface area contributed by atoms with Crippen LogP contribution in [0.1, 0.15) is 46.0 Å². The van der Waals surface area contributed by atoms with Crippen molar-refractivity contribution >= 4 is 88.5 Å². The van der Waals surface area contributed by atoms with Gasteiger partial charge in [-0.25, -0.2) is 22.7 Å². The molecule has 62 heavy (non-hydrogen) atoms. The summed E-state index contributed by atoms with van der Waals surface area (Å²) < 4.78 is 66.0. The number of nitrogens with one attached hydrogen (secondary N) is 2. The van der Waals surface area contributed by atoms with Crippen molar-refractivity contribution < 1.29 is 40.4 Å². The van der Waals surface area contributed by atoms with Crippen LogP contribution in [0, 0.1) is 13.8 Å². The molecule has 2 atom stereocenters. The third-order valence-corrected chi connectivity index (χ3v) is 12.2. The van der Waals surface area contributed by atoms with Gasteiger partial charge < -0.3 is 24.5 Å². The molecule has 1 aliphatic rings. The summed E-state index contributed by atoms with van der Waals surface area (Å²) in [6.07, 6.45) is -1.00. The number of fused-ring (bicyclic) bond motifs is 2. The Kier molecular flexibility index (Phi) is 12.3.